The number of hydrogen-bond acceptors (Lipinski definition) is 3. The highest BCUT2D eigenvalue weighted by molar-refractivity contribution is 5.94. The summed E-state index contributed by atoms with van der Waals surface area (Å²) in [6.45, 7) is 0. The molecule has 1 heterocycles. The third kappa shape index (κ3) is 2.23. The minimum absolute atomic E-state index is 0.106. The minimum Gasteiger partial charge on any atom is -0.508 e. The summed E-state index contributed by atoms with van der Waals surface area (Å²) < 4.78 is 72.4. The number of fused-ring (bicyclic) bond motifs is 1. The van der Waals surface area contributed by atoms with Gasteiger partial charge in [0.2, 0.25) is 5.82 Å². The van der Waals surface area contributed by atoms with Crippen LogP contribution >= 0.6 is 0 Å². The first-order valence-electron chi connectivity index (χ1n) is 6.10. The summed E-state index contributed by atoms with van der Waals surface area (Å²) in [4.78, 5) is 11.5. The second-order valence-electron chi connectivity index (χ2n) is 4.60. The van der Waals surface area contributed by atoms with E-state index in [1.165, 1.54) is 0 Å². The first-order chi connectivity index (χ1) is 10.8. The van der Waals surface area contributed by atoms with Crippen molar-refractivity contribution in [2.75, 3.05) is 0 Å². The number of rotatable bonds is 1. The van der Waals surface area contributed by atoms with Gasteiger partial charge in [0.1, 0.15) is 11.3 Å². The number of halogens is 5. The van der Waals surface area contributed by atoms with Crippen molar-refractivity contribution in [1.82, 2.24) is 0 Å². The zero-order valence-electron chi connectivity index (χ0n) is 11.0. The average molecular weight is 328 g/mol. The van der Waals surface area contributed by atoms with E-state index in [1.807, 2.05) is 0 Å². The van der Waals surface area contributed by atoms with Gasteiger partial charge in [-0.2, -0.15) is 0 Å². The van der Waals surface area contributed by atoms with Crippen molar-refractivity contribution in [3.8, 4) is 16.9 Å². The summed E-state index contributed by atoms with van der Waals surface area (Å²) in [6, 6.07) is 3.82. The molecule has 2 aromatic carbocycles. The molecule has 3 aromatic rings. The standard InChI is InChI=1S/C15H5F5O3/c16-11-10(12(17)14(19)15(20)13(11)18)7-4-9(22)23-8-3-5(21)1-2-6(7)8/h1-4,21H. The van der Waals surface area contributed by atoms with Crippen LogP contribution in [0.1, 0.15) is 0 Å². The van der Waals surface area contributed by atoms with Gasteiger partial charge >= 0.3 is 5.63 Å². The lowest BCUT2D eigenvalue weighted by molar-refractivity contribution is 0.381. The van der Waals surface area contributed by atoms with Gasteiger partial charge in [-0.1, -0.05) is 0 Å². The molecule has 0 spiro atoms. The molecule has 23 heavy (non-hydrogen) atoms. The predicted molar refractivity (Wildman–Crippen MR) is 69.4 cm³/mol. The molecule has 1 aromatic heterocycles. The molecule has 0 bridgehead atoms. The second kappa shape index (κ2) is 5.08. The number of phenols is 1. The number of aromatic hydroxyl groups is 1. The Morgan fingerprint density at radius 3 is 2.00 bits per heavy atom. The van der Waals surface area contributed by atoms with Crippen molar-refractivity contribution in [2.24, 2.45) is 0 Å². The van der Waals surface area contributed by atoms with Gasteiger partial charge in [0, 0.05) is 23.1 Å². The molecule has 0 saturated carbocycles. The average Bonchev–Trinajstić information content (AvgIpc) is 2.50. The van der Waals surface area contributed by atoms with Gasteiger partial charge in [0.05, 0.1) is 5.56 Å². The molecule has 8 heteroatoms. The van der Waals surface area contributed by atoms with E-state index in [-0.39, 0.29) is 16.7 Å². The van der Waals surface area contributed by atoms with Gasteiger partial charge in [-0.25, -0.2) is 26.7 Å². The zero-order valence-corrected chi connectivity index (χ0v) is 11.0. The Morgan fingerprint density at radius 1 is 0.826 bits per heavy atom. The maximum atomic E-state index is 13.9. The van der Waals surface area contributed by atoms with Crippen molar-refractivity contribution in [3.05, 3.63) is 63.8 Å². The molecule has 1 N–H and O–H groups in total. The Balaban J connectivity index is 2.50. The first-order valence-corrected chi connectivity index (χ1v) is 6.10. The van der Waals surface area contributed by atoms with Crippen LogP contribution in [0.15, 0.2) is 33.5 Å². The van der Waals surface area contributed by atoms with E-state index >= 15 is 0 Å². The van der Waals surface area contributed by atoms with E-state index < -0.39 is 45.8 Å². The normalized spacial score (nSPS) is 11.2. The molecule has 0 aliphatic rings. The summed E-state index contributed by atoms with van der Waals surface area (Å²) in [6.07, 6.45) is 0. The van der Waals surface area contributed by atoms with Gasteiger partial charge < -0.3 is 9.52 Å². The van der Waals surface area contributed by atoms with Crippen LogP contribution in [0.4, 0.5) is 22.0 Å². The van der Waals surface area contributed by atoms with Crippen LogP contribution in [0.25, 0.3) is 22.1 Å². The van der Waals surface area contributed by atoms with Crippen LogP contribution in [0.5, 0.6) is 5.75 Å². The molecular weight excluding hydrogens is 323 g/mol. The van der Waals surface area contributed by atoms with E-state index in [0.29, 0.717) is 6.07 Å². The summed E-state index contributed by atoms with van der Waals surface area (Å²) in [7, 11) is 0. The van der Waals surface area contributed by atoms with E-state index in [1.54, 1.807) is 0 Å². The molecule has 0 atom stereocenters. The Bertz CT molecular complexity index is 981. The molecule has 0 radical (unpaired) electrons. The fourth-order valence-electron chi connectivity index (χ4n) is 2.20. The third-order valence-electron chi connectivity index (χ3n) is 3.21. The van der Waals surface area contributed by atoms with E-state index in [9.17, 15) is 31.9 Å². The van der Waals surface area contributed by atoms with Crippen LogP contribution in [-0.4, -0.2) is 5.11 Å². The van der Waals surface area contributed by atoms with Crippen LogP contribution in [-0.2, 0) is 0 Å². The lowest BCUT2D eigenvalue weighted by atomic mass is 10.00. The highest BCUT2D eigenvalue weighted by atomic mass is 19.2. The molecular formula is C15H5F5O3. The van der Waals surface area contributed by atoms with Crippen molar-refractivity contribution in [3.63, 3.8) is 0 Å². The smallest absolute Gasteiger partial charge is 0.336 e. The Hall–Kier alpha value is -2.90. The molecule has 0 aliphatic heterocycles. The summed E-state index contributed by atoms with van der Waals surface area (Å²) in [5.41, 5.74) is -3.13. The number of hydrogen-bond donors (Lipinski definition) is 1. The minimum atomic E-state index is -2.30. The molecule has 0 saturated heterocycles. The molecule has 0 unspecified atom stereocenters. The fourth-order valence-corrected chi connectivity index (χ4v) is 2.20. The van der Waals surface area contributed by atoms with Gasteiger partial charge in [-0.05, 0) is 12.1 Å². The molecule has 118 valence electrons. The van der Waals surface area contributed by atoms with Crippen LogP contribution < -0.4 is 5.63 Å². The molecule has 0 aliphatic carbocycles. The maximum absolute atomic E-state index is 13.9. The lowest BCUT2D eigenvalue weighted by Gasteiger charge is -2.10. The van der Waals surface area contributed by atoms with E-state index in [4.69, 9.17) is 4.42 Å². The van der Waals surface area contributed by atoms with Gasteiger partial charge in [-0.15, -0.1) is 0 Å². The molecule has 0 amide bonds. The predicted octanol–water partition coefficient (Wildman–Crippen LogP) is 3.86. The van der Waals surface area contributed by atoms with Gasteiger partial charge in [-0.3, -0.25) is 0 Å². The van der Waals surface area contributed by atoms with Crippen LogP contribution in [0.3, 0.4) is 0 Å². The lowest BCUT2D eigenvalue weighted by Crippen LogP contribution is -2.06. The van der Waals surface area contributed by atoms with Crippen LogP contribution in [0.2, 0.25) is 0 Å². The Morgan fingerprint density at radius 2 is 1.39 bits per heavy atom. The summed E-state index contributed by atoms with van der Waals surface area (Å²) >= 11 is 0. The Kier molecular flexibility index (Phi) is 3.32. The maximum Gasteiger partial charge on any atom is 0.336 e. The SMILES string of the molecule is O=c1cc(-c2c(F)c(F)c(F)c(F)c2F)c2ccc(O)cc2o1. The molecule has 3 nitrogen and oxygen atoms in total. The highest BCUT2D eigenvalue weighted by Gasteiger charge is 2.28. The van der Waals surface area contributed by atoms with Gasteiger partial charge in [0.25, 0.3) is 0 Å². The van der Waals surface area contributed by atoms with Crippen LogP contribution in [0, 0.1) is 29.1 Å². The summed E-state index contributed by atoms with van der Waals surface area (Å²) in [5, 5.41) is 9.23. The van der Waals surface area contributed by atoms with Crippen molar-refractivity contribution in [1.29, 1.82) is 0 Å². The molecule has 0 fully saturated rings. The van der Waals surface area contributed by atoms with E-state index in [2.05, 4.69) is 0 Å². The fraction of sp³-hybridized carbons (Fsp3) is 0. The van der Waals surface area contributed by atoms with Gasteiger partial charge in [0.15, 0.2) is 23.3 Å². The van der Waals surface area contributed by atoms with Crippen molar-refractivity contribution in [2.45, 2.75) is 0 Å². The number of benzene rings is 2. The topological polar surface area (TPSA) is 50.4 Å². The van der Waals surface area contributed by atoms with Crippen molar-refractivity contribution < 1.29 is 31.5 Å². The first kappa shape index (κ1) is 15.0. The monoisotopic (exact) mass is 328 g/mol. The summed E-state index contributed by atoms with van der Waals surface area (Å²) in [5.74, 6) is -11.0. The van der Waals surface area contributed by atoms with E-state index in [0.717, 1.165) is 18.2 Å². The second-order valence-corrected chi connectivity index (χ2v) is 4.60. The van der Waals surface area contributed by atoms with Crippen molar-refractivity contribution >= 4 is 11.0 Å². The quantitative estimate of drug-likeness (QED) is 0.319. The zero-order chi connectivity index (χ0) is 16.9. The number of phenolic OH excluding ortho intramolecular Hbond substituents is 1. The molecule has 3 rings (SSSR count). The third-order valence-corrected chi connectivity index (χ3v) is 3.21. The highest BCUT2D eigenvalue weighted by Crippen LogP contribution is 2.35. The largest absolute Gasteiger partial charge is 0.508 e. The Labute approximate surface area is 124 Å².